The molecule has 0 saturated heterocycles. The molecule has 98 valence electrons. The number of amides is 1. The largest absolute Gasteiger partial charge is 0.399 e. The Hall–Kier alpha value is -1.55. The zero-order chi connectivity index (χ0) is 13.0. The third-order valence-electron chi connectivity index (χ3n) is 3.28. The van der Waals surface area contributed by atoms with Crippen LogP contribution < -0.4 is 10.6 Å². The first kappa shape index (κ1) is 12.9. The number of carbonyl (C=O) groups excluding carboxylic acids is 1. The van der Waals surface area contributed by atoms with Crippen molar-refractivity contribution in [2.75, 3.05) is 30.9 Å². The van der Waals surface area contributed by atoms with Gasteiger partial charge in [-0.25, -0.2) is 0 Å². The van der Waals surface area contributed by atoms with Crippen molar-refractivity contribution in [3.63, 3.8) is 0 Å². The molecule has 0 aromatic heterocycles. The molecule has 0 saturated carbocycles. The van der Waals surface area contributed by atoms with Gasteiger partial charge >= 0.3 is 0 Å². The highest BCUT2D eigenvalue weighted by atomic mass is 16.5. The molecule has 4 heteroatoms. The van der Waals surface area contributed by atoms with Gasteiger partial charge in [-0.05, 0) is 43.0 Å². The van der Waals surface area contributed by atoms with Gasteiger partial charge in [-0.3, -0.25) is 4.79 Å². The van der Waals surface area contributed by atoms with E-state index in [-0.39, 0.29) is 5.91 Å². The average molecular weight is 248 g/mol. The van der Waals surface area contributed by atoms with Gasteiger partial charge in [-0.2, -0.15) is 0 Å². The Morgan fingerprint density at radius 2 is 2.17 bits per heavy atom. The lowest BCUT2D eigenvalue weighted by atomic mass is 10.00. The summed E-state index contributed by atoms with van der Waals surface area (Å²) in [5, 5.41) is 0. The van der Waals surface area contributed by atoms with Crippen LogP contribution in [0, 0.1) is 0 Å². The molecule has 1 aliphatic heterocycles. The maximum atomic E-state index is 12.0. The number of fused-ring (bicyclic) bond motifs is 1. The van der Waals surface area contributed by atoms with E-state index in [9.17, 15) is 4.79 Å². The second kappa shape index (κ2) is 5.87. The Morgan fingerprint density at radius 3 is 2.94 bits per heavy atom. The van der Waals surface area contributed by atoms with E-state index < -0.39 is 0 Å². The molecule has 1 aromatic rings. The SMILES string of the molecule is COCCCCN1C(=O)CCc2cc(N)ccc21. The predicted octanol–water partition coefficient (Wildman–Crippen LogP) is 1.97. The molecule has 0 atom stereocenters. The lowest BCUT2D eigenvalue weighted by Crippen LogP contribution is -2.36. The lowest BCUT2D eigenvalue weighted by molar-refractivity contribution is -0.118. The molecule has 0 aliphatic carbocycles. The van der Waals surface area contributed by atoms with Crippen LogP contribution in [0.5, 0.6) is 0 Å². The van der Waals surface area contributed by atoms with E-state index in [0.29, 0.717) is 6.42 Å². The third-order valence-corrected chi connectivity index (χ3v) is 3.28. The Bertz CT molecular complexity index is 432. The highest BCUT2D eigenvalue weighted by Gasteiger charge is 2.23. The number of benzene rings is 1. The van der Waals surface area contributed by atoms with E-state index in [1.165, 1.54) is 5.56 Å². The topological polar surface area (TPSA) is 55.6 Å². The van der Waals surface area contributed by atoms with Crippen molar-refractivity contribution in [3.8, 4) is 0 Å². The zero-order valence-corrected chi connectivity index (χ0v) is 10.8. The lowest BCUT2D eigenvalue weighted by Gasteiger charge is -2.29. The Morgan fingerprint density at radius 1 is 1.33 bits per heavy atom. The second-order valence-electron chi connectivity index (χ2n) is 4.63. The zero-order valence-electron chi connectivity index (χ0n) is 10.8. The number of hydrogen-bond acceptors (Lipinski definition) is 3. The number of anilines is 2. The molecule has 4 nitrogen and oxygen atoms in total. The first-order valence-corrected chi connectivity index (χ1v) is 6.40. The summed E-state index contributed by atoms with van der Waals surface area (Å²) < 4.78 is 5.02. The molecule has 2 N–H and O–H groups in total. The minimum absolute atomic E-state index is 0.213. The molecule has 0 fully saturated rings. The minimum Gasteiger partial charge on any atom is -0.399 e. The molecule has 0 unspecified atom stereocenters. The van der Waals surface area contributed by atoms with Crippen molar-refractivity contribution in [1.82, 2.24) is 0 Å². The number of nitrogens with two attached hydrogens (primary N) is 1. The number of carbonyl (C=O) groups is 1. The molecular weight excluding hydrogens is 228 g/mol. The number of methoxy groups -OCH3 is 1. The van der Waals surface area contributed by atoms with Gasteiger partial charge in [0, 0.05) is 38.1 Å². The molecule has 1 aliphatic rings. The number of rotatable bonds is 5. The van der Waals surface area contributed by atoms with Crippen LogP contribution in [0.1, 0.15) is 24.8 Å². The van der Waals surface area contributed by atoms with Crippen molar-refractivity contribution in [1.29, 1.82) is 0 Å². The van der Waals surface area contributed by atoms with Gasteiger partial charge in [0.1, 0.15) is 0 Å². The maximum Gasteiger partial charge on any atom is 0.227 e. The Balaban J connectivity index is 2.08. The van der Waals surface area contributed by atoms with Crippen LogP contribution in [-0.4, -0.2) is 26.2 Å². The number of unbranched alkanes of at least 4 members (excludes halogenated alkanes) is 1. The fraction of sp³-hybridized carbons (Fsp3) is 0.500. The van der Waals surface area contributed by atoms with E-state index in [1.54, 1.807) is 7.11 Å². The van der Waals surface area contributed by atoms with Crippen LogP contribution in [0.15, 0.2) is 18.2 Å². The van der Waals surface area contributed by atoms with Crippen LogP contribution in [0.3, 0.4) is 0 Å². The van der Waals surface area contributed by atoms with Crippen molar-refractivity contribution >= 4 is 17.3 Å². The van der Waals surface area contributed by atoms with Crippen molar-refractivity contribution < 1.29 is 9.53 Å². The van der Waals surface area contributed by atoms with Crippen LogP contribution in [-0.2, 0) is 16.0 Å². The summed E-state index contributed by atoms with van der Waals surface area (Å²) in [5.74, 6) is 0.213. The van der Waals surface area contributed by atoms with Crippen molar-refractivity contribution in [2.24, 2.45) is 0 Å². The summed E-state index contributed by atoms with van der Waals surface area (Å²) in [6.45, 7) is 1.51. The summed E-state index contributed by atoms with van der Waals surface area (Å²) in [4.78, 5) is 13.9. The van der Waals surface area contributed by atoms with Gasteiger partial charge in [-0.1, -0.05) is 0 Å². The van der Waals surface area contributed by atoms with Gasteiger partial charge in [0.15, 0.2) is 0 Å². The summed E-state index contributed by atoms with van der Waals surface area (Å²) in [6.07, 6.45) is 3.32. The van der Waals surface area contributed by atoms with E-state index in [4.69, 9.17) is 10.5 Å². The highest BCUT2D eigenvalue weighted by molar-refractivity contribution is 5.96. The first-order chi connectivity index (χ1) is 8.72. The molecule has 2 rings (SSSR count). The molecule has 1 heterocycles. The van der Waals surface area contributed by atoms with Gasteiger partial charge in [0.05, 0.1) is 0 Å². The molecule has 0 spiro atoms. The fourth-order valence-corrected chi connectivity index (χ4v) is 2.34. The van der Waals surface area contributed by atoms with E-state index in [0.717, 1.165) is 43.8 Å². The summed E-state index contributed by atoms with van der Waals surface area (Å²) in [7, 11) is 1.70. The smallest absolute Gasteiger partial charge is 0.227 e. The molecule has 18 heavy (non-hydrogen) atoms. The van der Waals surface area contributed by atoms with E-state index in [1.807, 2.05) is 23.1 Å². The Labute approximate surface area is 108 Å². The molecular formula is C14H20N2O2. The van der Waals surface area contributed by atoms with Crippen molar-refractivity contribution in [2.45, 2.75) is 25.7 Å². The Kier molecular flexibility index (Phi) is 4.20. The van der Waals surface area contributed by atoms with Gasteiger partial charge < -0.3 is 15.4 Å². The summed E-state index contributed by atoms with van der Waals surface area (Å²) >= 11 is 0. The fourth-order valence-electron chi connectivity index (χ4n) is 2.34. The highest BCUT2D eigenvalue weighted by Crippen LogP contribution is 2.29. The van der Waals surface area contributed by atoms with Gasteiger partial charge in [-0.15, -0.1) is 0 Å². The van der Waals surface area contributed by atoms with E-state index >= 15 is 0 Å². The number of aryl methyl sites for hydroxylation is 1. The average Bonchev–Trinajstić information content (AvgIpc) is 2.37. The first-order valence-electron chi connectivity index (χ1n) is 6.40. The predicted molar refractivity (Wildman–Crippen MR) is 72.6 cm³/mol. The minimum atomic E-state index is 0.213. The number of nitrogens with zero attached hydrogens (tertiary/aromatic N) is 1. The molecule has 1 aromatic carbocycles. The monoisotopic (exact) mass is 248 g/mol. The summed E-state index contributed by atoms with van der Waals surface area (Å²) in [5.41, 5.74) is 8.76. The summed E-state index contributed by atoms with van der Waals surface area (Å²) in [6, 6.07) is 5.79. The van der Waals surface area contributed by atoms with Crippen LogP contribution >= 0.6 is 0 Å². The third kappa shape index (κ3) is 2.82. The second-order valence-corrected chi connectivity index (χ2v) is 4.63. The van der Waals surface area contributed by atoms with Gasteiger partial charge in [0.25, 0.3) is 0 Å². The quantitative estimate of drug-likeness (QED) is 0.640. The molecule has 1 amide bonds. The van der Waals surface area contributed by atoms with Crippen LogP contribution in [0.25, 0.3) is 0 Å². The molecule has 0 bridgehead atoms. The number of hydrogen-bond donors (Lipinski definition) is 1. The van der Waals surface area contributed by atoms with Crippen LogP contribution in [0.4, 0.5) is 11.4 Å². The van der Waals surface area contributed by atoms with Crippen molar-refractivity contribution in [3.05, 3.63) is 23.8 Å². The number of nitrogen functional groups attached to an aromatic ring is 1. The van der Waals surface area contributed by atoms with Gasteiger partial charge in [0.2, 0.25) is 5.91 Å². The molecule has 0 radical (unpaired) electrons. The van der Waals surface area contributed by atoms with E-state index in [2.05, 4.69) is 0 Å². The normalized spacial score (nSPS) is 14.7. The number of ether oxygens (including phenoxy) is 1. The standard InChI is InChI=1S/C14H20N2O2/c1-18-9-3-2-8-16-13-6-5-12(15)10-11(13)4-7-14(16)17/h5-6,10H,2-4,7-9,15H2,1H3. The van der Waals surface area contributed by atoms with Crippen LogP contribution in [0.2, 0.25) is 0 Å². The maximum absolute atomic E-state index is 12.0.